The third-order valence-electron chi connectivity index (χ3n) is 3.38. The van der Waals surface area contributed by atoms with Gasteiger partial charge in [0, 0.05) is 19.5 Å². The lowest BCUT2D eigenvalue weighted by atomic mass is 9.93. The number of carbonyl (C=O) groups is 1. The Morgan fingerprint density at radius 3 is 2.75 bits per heavy atom. The highest BCUT2D eigenvalue weighted by Gasteiger charge is 2.51. The normalized spacial score (nSPS) is 40.2. The van der Waals surface area contributed by atoms with Crippen LogP contribution in [0.2, 0.25) is 0 Å². The van der Waals surface area contributed by atoms with Crippen LogP contribution in [0.3, 0.4) is 0 Å². The monoisotopic (exact) mass is 167 g/mol. The van der Waals surface area contributed by atoms with Crippen LogP contribution in [0.5, 0.6) is 0 Å². The van der Waals surface area contributed by atoms with Gasteiger partial charge in [0.15, 0.2) is 0 Å². The van der Waals surface area contributed by atoms with Gasteiger partial charge < -0.3 is 4.90 Å². The van der Waals surface area contributed by atoms with Crippen LogP contribution in [0.1, 0.15) is 26.7 Å². The summed E-state index contributed by atoms with van der Waals surface area (Å²) in [7, 11) is 1.96. The maximum Gasteiger partial charge on any atom is 0.222 e. The molecule has 0 N–H and O–H groups in total. The van der Waals surface area contributed by atoms with Crippen molar-refractivity contribution < 1.29 is 4.79 Å². The van der Waals surface area contributed by atoms with E-state index in [1.165, 1.54) is 6.42 Å². The lowest BCUT2D eigenvalue weighted by Gasteiger charge is -2.35. The Balaban J connectivity index is 2.14. The lowest BCUT2D eigenvalue weighted by molar-refractivity contribution is -0.136. The summed E-state index contributed by atoms with van der Waals surface area (Å²) < 4.78 is 0. The first kappa shape index (κ1) is 8.09. The zero-order valence-electron chi connectivity index (χ0n) is 8.08. The number of hydrogen-bond acceptors (Lipinski definition) is 1. The van der Waals surface area contributed by atoms with Crippen LogP contribution in [0.15, 0.2) is 0 Å². The third kappa shape index (κ3) is 1.05. The van der Waals surface area contributed by atoms with Crippen molar-refractivity contribution in [2.75, 3.05) is 7.05 Å². The molecule has 12 heavy (non-hydrogen) atoms. The molecule has 2 nitrogen and oxygen atoms in total. The van der Waals surface area contributed by atoms with E-state index in [1.54, 1.807) is 0 Å². The summed E-state index contributed by atoms with van der Waals surface area (Å²) in [6.45, 7) is 4.43. The van der Waals surface area contributed by atoms with Crippen LogP contribution >= 0.6 is 0 Å². The summed E-state index contributed by atoms with van der Waals surface area (Å²) in [6, 6.07) is 0.524. The van der Waals surface area contributed by atoms with Gasteiger partial charge in [-0.15, -0.1) is 0 Å². The molecule has 1 saturated heterocycles. The molecule has 1 heterocycles. The Morgan fingerprint density at radius 1 is 1.50 bits per heavy atom. The molecule has 0 aromatic carbocycles. The van der Waals surface area contributed by atoms with E-state index in [-0.39, 0.29) is 0 Å². The van der Waals surface area contributed by atoms with Crippen LogP contribution < -0.4 is 0 Å². The molecule has 68 valence electrons. The quantitative estimate of drug-likeness (QED) is 0.579. The second kappa shape index (κ2) is 2.48. The number of carbonyl (C=O) groups excluding carboxylic acids is 1. The molecule has 1 saturated carbocycles. The Labute approximate surface area is 73.9 Å². The molecule has 0 aromatic rings. The summed E-state index contributed by atoms with van der Waals surface area (Å²) in [6.07, 6.45) is 2.10. The van der Waals surface area contributed by atoms with Gasteiger partial charge in [-0.05, 0) is 24.2 Å². The molecule has 2 fully saturated rings. The number of fused-ring (bicyclic) bond motifs is 1. The third-order valence-corrected chi connectivity index (χ3v) is 3.38. The van der Waals surface area contributed by atoms with E-state index in [0.717, 1.165) is 18.3 Å². The molecule has 2 heteroatoms. The Morgan fingerprint density at radius 2 is 2.17 bits per heavy atom. The van der Waals surface area contributed by atoms with Crippen molar-refractivity contribution >= 4 is 5.91 Å². The number of piperidine rings is 1. The Kier molecular flexibility index (Phi) is 1.67. The first-order valence-corrected chi connectivity index (χ1v) is 4.87. The fourth-order valence-corrected chi connectivity index (χ4v) is 2.69. The summed E-state index contributed by atoms with van der Waals surface area (Å²) >= 11 is 0. The van der Waals surface area contributed by atoms with Crippen LogP contribution in [-0.4, -0.2) is 23.9 Å². The number of rotatable bonds is 1. The molecule has 2 aliphatic rings. The molecule has 1 aliphatic heterocycles. The van der Waals surface area contributed by atoms with E-state index >= 15 is 0 Å². The Bertz CT molecular complexity index is 212. The topological polar surface area (TPSA) is 20.3 Å². The highest BCUT2D eigenvalue weighted by molar-refractivity contribution is 5.78. The van der Waals surface area contributed by atoms with E-state index in [4.69, 9.17) is 0 Å². The van der Waals surface area contributed by atoms with Gasteiger partial charge in [0.25, 0.3) is 0 Å². The smallest absolute Gasteiger partial charge is 0.222 e. The summed E-state index contributed by atoms with van der Waals surface area (Å²) in [5, 5.41) is 0. The highest BCUT2D eigenvalue weighted by Crippen LogP contribution is 2.50. The average molecular weight is 167 g/mol. The number of nitrogens with zero attached hydrogens (tertiary/aromatic N) is 1. The summed E-state index contributed by atoms with van der Waals surface area (Å²) in [5.41, 5.74) is 0. The van der Waals surface area contributed by atoms with Gasteiger partial charge in [-0.3, -0.25) is 4.79 Å². The molecule has 3 unspecified atom stereocenters. The Hall–Kier alpha value is -0.530. The number of likely N-dealkylation sites (tertiary alicyclic amines) is 1. The molecule has 3 atom stereocenters. The van der Waals surface area contributed by atoms with Crippen molar-refractivity contribution in [2.24, 2.45) is 17.8 Å². The predicted molar refractivity (Wildman–Crippen MR) is 47.6 cm³/mol. The van der Waals surface area contributed by atoms with Crippen molar-refractivity contribution in [2.45, 2.75) is 32.7 Å². The van der Waals surface area contributed by atoms with Gasteiger partial charge in [0.1, 0.15) is 0 Å². The second-order valence-electron chi connectivity index (χ2n) is 4.60. The zero-order valence-corrected chi connectivity index (χ0v) is 8.08. The maximum atomic E-state index is 11.5. The first-order chi connectivity index (χ1) is 5.61. The molecule has 1 aliphatic carbocycles. The minimum Gasteiger partial charge on any atom is -0.342 e. The van der Waals surface area contributed by atoms with Crippen molar-refractivity contribution in [3.63, 3.8) is 0 Å². The van der Waals surface area contributed by atoms with E-state index in [0.29, 0.717) is 17.9 Å². The lowest BCUT2D eigenvalue weighted by Crippen LogP contribution is -2.45. The fraction of sp³-hybridized carbons (Fsp3) is 0.900. The molecular weight excluding hydrogens is 150 g/mol. The number of hydrogen-bond donors (Lipinski definition) is 0. The number of amides is 1. The van der Waals surface area contributed by atoms with Crippen molar-refractivity contribution in [3.8, 4) is 0 Å². The highest BCUT2D eigenvalue weighted by atomic mass is 16.2. The van der Waals surface area contributed by atoms with Gasteiger partial charge in [-0.1, -0.05) is 13.8 Å². The van der Waals surface area contributed by atoms with Gasteiger partial charge in [0.05, 0.1) is 0 Å². The molecule has 0 bridgehead atoms. The van der Waals surface area contributed by atoms with Gasteiger partial charge in [-0.25, -0.2) is 0 Å². The minimum atomic E-state index is 0.354. The summed E-state index contributed by atoms with van der Waals surface area (Å²) in [5.74, 6) is 2.54. The van der Waals surface area contributed by atoms with E-state index in [2.05, 4.69) is 13.8 Å². The molecule has 0 spiro atoms. The molecule has 2 rings (SSSR count). The average Bonchev–Trinajstić information content (AvgIpc) is 2.67. The second-order valence-corrected chi connectivity index (χ2v) is 4.60. The van der Waals surface area contributed by atoms with E-state index in [9.17, 15) is 4.79 Å². The van der Waals surface area contributed by atoms with Crippen molar-refractivity contribution in [1.29, 1.82) is 0 Å². The van der Waals surface area contributed by atoms with Gasteiger partial charge in [0.2, 0.25) is 5.91 Å². The largest absolute Gasteiger partial charge is 0.342 e. The van der Waals surface area contributed by atoms with E-state index < -0.39 is 0 Å². The standard InChI is InChI=1S/C10H17NO/c1-6(2)10-8-4-7(8)5-9(12)11(10)3/h6-8,10H,4-5H2,1-3H3. The van der Waals surface area contributed by atoms with E-state index in [1.807, 2.05) is 11.9 Å². The first-order valence-electron chi connectivity index (χ1n) is 4.87. The molecule has 0 radical (unpaired) electrons. The molecular formula is C10H17NO. The van der Waals surface area contributed by atoms with Crippen molar-refractivity contribution in [3.05, 3.63) is 0 Å². The predicted octanol–water partition coefficient (Wildman–Crippen LogP) is 1.51. The SMILES string of the molecule is CC(C)C1C2CC2CC(=O)N1C. The zero-order chi connectivity index (χ0) is 8.88. The maximum absolute atomic E-state index is 11.5. The minimum absolute atomic E-state index is 0.354. The fourth-order valence-electron chi connectivity index (χ4n) is 2.69. The molecule has 1 amide bonds. The summed E-state index contributed by atoms with van der Waals surface area (Å²) in [4.78, 5) is 13.4. The van der Waals surface area contributed by atoms with Gasteiger partial charge in [-0.2, -0.15) is 0 Å². The van der Waals surface area contributed by atoms with Crippen LogP contribution in [-0.2, 0) is 4.79 Å². The molecule has 0 aromatic heterocycles. The van der Waals surface area contributed by atoms with Crippen molar-refractivity contribution in [1.82, 2.24) is 4.90 Å². The van der Waals surface area contributed by atoms with Crippen LogP contribution in [0.25, 0.3) is 0 Å². The van der Waals surface area contributed by atoms with Crippen LogP contribution in [0, 0.1) is 17.8 Å². The van der Waals surface area contributed by atoms with Gasteiger partial charge >= 0.3 is 0 Å². The van der Waals surface area contributed by atoms with Crippen LogP contribution in [0.4, 0.5) is 0 Å².